The van der Waals surface area contributed by atoms with Gasteiger partial charge < -0.3 is 15.8 Å². The summed E-state index contributed by atoms with van der Waals surface area (Å²) in [6.07, 6.45) is 1.29. The van der Waals surface area contributed by atoms with E-state index in [0.717, 1.165) is 6.07 Å². The third-order valence-electron chi connectivity index (χ3n) is 2.72. The fraction of sp³-hybridized carbons (Fsp3) is 0.500. The Morgan fingerprint density at radius 2 is 2.15 bits per heavy atom. The Balaban J connectivity index is 2.93. The maximum absolute atomic E-state index is 13.6. The molecule has 0 radical (unpaired) electrons. The zero-order valence-electron chi connectivity index (χ0n) is 11.1. The van der Waals surface area contributed by atoms with Crippen LogP contribution in [0.1, 0.15) is 12.8 Å². The maximum atomic E-state index is 13.6. The number of anilines is 1. The van der Waals surface area contributed by atoms with E-state index < -0.39 is 22.2 Å². The van der Waals surface area contributed by atoms with Crippen LogP contribution in [-0.2, 0) is 4.74 Å². The molecular formula is C12H17F2N3O3. The van der Waals surface area contributed by atoms with Crippen molar-refractivity contribution in [2.75, 3.05) is 25.6 Å². The molecule has 0 aliphatic heterocycles. The van der Waals surface area contributed by atoms with Crippen LogP contribution in [0, 0.1) is 21.7 Å². The molecule has 0 aromatic heterocycles. The average Bonchev–Trinajstić information content (AvgIpc) is 2.38. The molecule has 20 heavy (non-hydrogen) atoms. The highest BCUT2D eigenvalue weighted by Crippen LogP contribution is 2.26. The van der Waals surface area contributed by atoms with Crippen molar-refractivity contribution in [3.63, 3.8) is 0 Å². The first-order chi connectivity index (χ1) is 9.49. The molecule has 0 amide bonds. The van der Waals surface area contributed by atoms with E-state index in [-0.39, 0.29) is 18.3 Å². The van der Waals surface area contributed by atoms with E-state index >= 15 is 0 Å². The molecular weight excluding hydrogens is 272 g/mol. The number of hydrogen-bond acceptors (Lipinski definition) is 5. The van der Waals surface area contributed by atoms with Crippen LogP contribution in [0.4, 0.5) is 20.2 Å². The highest BCUT2D eigenvalue weighted by Gasteiger charge is 2.20. The van der Waals surface area contributed by atoms with Gasteiger partial charge in [0.15, 0.2) is 0 Å². The number of benzene rings is 1. The molecule has 0 saturated carbocycles. The van der Waals surface area contributed by atoms with Gasteiger partial charge in [0.1, 0.15) is 5.82 Å². The van der Waals surface area contributed by atoms with E-state index in [1.54, 1.807) is 0 Å². The number of nitro groups is 1. The van der Waals surface area contributed by atoms with Crippen molar-refractivity contribution in [1.82, 2.24) is 0 Å². The van der Waals surface area contributed by atoms with Crippen LogP contribution in [-0.4, -0.2) is 31.2 Å². The topological polar surface area (TPSA) is 90.4 Å². The summed E-state index contributed by atoms with van der Waals surface area (Å²) in [5.41, 5.74) is 4.50. The summed E-state index contributed by atoms with van der Waals surface area (Å²) in [5.74, 6) is -2.09. The Labute approximate surface area is 115 Å². The number of nitro benzene ring substituents is 1. The van der Waals surface area contributed by atoms with Gasteiger partial charge in [-0.2, -0.15) is 4.39 Å². The lowest BCUT2D eigenvalue weighted by atomic mass is 10.1. The molecule has 0 bridgehead atoms. The van der Waals surface area contributed by atoms with Gasteiger partial charge in [-0.15, -0.1) is 0 Å². The number of nitrogens with zero attached hydrogens (tertiary/aromatic N) is 1. The largest absolute Gasteiger partial charge is 0.383 e. The van der Waals surface area contributed by atoms with E-state index in [2.05, 4.69) is 5.32 Å². The van der Waals surface area contributed by atoms with Crippen molar-refractivity contribution >= 4 is 11.4 Å². The molecule has 0 aliphatic carbocycles. The SMILES string of the molecule is COCC(CCCN)Nc1cc([N+](=O)[O-])c(F)cc1F. The van der Waals surface area contributed by atoms with Gasteiger partial charge in [0.25, 0.3) is 0 Å². The van der Waals surface area contributed by atoms with Gasteiger partial charge >= 0.3 is 5.69 Å². The van der Waals surface area contributed by atoms with Gasteiger partial charge in [0.2, 0.25) is 5.82 Å². The van der Waals surface area contributed by atoms with E-state index in [4.69, 9.17) is 10.5 Å². The number of ether oxygens (including phenoxy) is 1. The first-order valence-corrected chi connectivity index (χ1v) is 6.08. The predicted octanol–water partition coefficient (Wildman–Crippen LogP) is 2.04. The molecule has 1 aromatic carbocycles. The minimum atomic E-state index is -1.21. The van der Waals surface area contributed by atoms with Gasteiger partial charge in [-0.25, -0.2) is 4.39 Å². The molecule has 0 fully saturated rings. The number of nitrogens with two attached hydrogens (primary N) is 1. The van der Waals surface area contributed by atoms with E-state index in [1.165, 1.54) is 7.11 Å². The van der Waals surface area contributed by atoms with Gasteiger partial charge in [0.05, 0.1) is 17.2 Å². The average molecular weight is 289 g/mol. The highest BCUT2D eigenvalue weighted by molar-refractivity contribution is 5.53. The number of hydrogen-bond donors (Lipinski definition) is 2. The molecule has 0 aliphatic rings. The molecule has 112 valence electrons. The molecule has 0 saturated heterocycles. The Hall–Kier alpha value is -1.80. The lowest BCUT2D eigenvalue weighted by Gasteiger charge is -2.19. The van der Waals surface area contributed by atoms with Crippen molar-refractivity contribution in [3.05, 3.63) is 33.9 Å². The number of halogens is 2. The van der Waals surface area contributed by atoms with Crippen LogP contribution >= 0.6 is 0 Å². The molecule has 1 rings (SSSR count). The summed E-state index contributed by atoms with van der Waals surface area (Å²) in [6, 6.07) is 1.08. The normalized spacial score (nSPS) is 12.2. The Bertz CT molecular complexity index is 472. The molecule has 1 aromatic rings. The summed E-state index contributed by atoms with van der Waals surface area (Å²) in [4.78, 5) is 9.75. The molecule has 0 spiro atoms. The van der Waals surface area contributed by atoms with Crippen LogP contribution in [0.15, 0.2) is 12.1 Å². The van der Waals surface area contributed by atoms with Crippen molar-refractivity contribution in [3.8, 4) is 0 Å². The molecule has 1 unspecified atom stereocenters. The second-order valence-electron chi connectivity index (χ2n) is 4.27. The molecule has 1 atom stereocenters. The van der Waals surface area contributed by atoms with E-state index in [0.29, 0.717) is 25.5 Å². The van der Waals surface area contributed by atoms with E-state index in [1.807, 2.05) is 0 Å². The lowest BCUT2D eigenvalue weighted by molar-refractivity contribution is -0.387. The van der Waals surface area contributed by atoms with Crippen LogP contribution < -0.4 is 11.1 Å². The van der Waals surface area contributed by atoms with E-state index in [9.17, 15) is 18.9 Å². The van der Waals surface area contributed by atoms with Crippen LogP contribution in [0.2, 0.25) is 0 Å². The zero-order chi connectivity index (χ0) is 15.1. The van der Waals surface area contributed by atoms with Gasteiger partial charge in [-0.05, 0) is 19.4 Å². The molecule has 0 heterocycles. The fourth-order valence-corrected chi connectivity index (χ4v) is 1.77. The smallest absolute Gasteiger partial charge is 0.307 e. The first kappa shape index (κ1) is 16.3. The van der Waals surface area contributed by atoms with Crippen molar-refractivity contribution in [2.45, 2.75) is 18.9 Å². The van der Waals surface area contributed by atoms with Gasteiger partial charge in [-0.3, -0.25) is 10.1 Å². The Kier molecular flexibility index (Phi) is 6.26. The number of methoxy groups -OCH3 is 1. The minimum absolute atomic E-state index is 0.128. The lowest BCUT2D eigenvalue weighted by Crippen LogP contribution is -2.26. The Morgan fingerprint density at radius 1 is 1.45 bits per heavy atom. The van der Waals surface area contributed by atoms with Crippen molar-refractivity contribution in [2.24, 2.45) is 5.73 Å². The predicted molar refractivity (Wildman–Crippen MR) is 70.6 cm³/mol. The summed E-state index contributed by atoms with van der Waals surface area (Å²) in [5, 5.41) is 13.4. The van der Waals surface area contributed by atoms with Crippen LogP contribution in [0.3, 0.4) is 0 Å². The van der Waals surface area contributed by atoms with Crippen molar-refractivity contribution < 1.29 is 18.4 Å². The first-order valence-electron chi connectivity index (χ1n) is 6.08. The summed E-state index contributed by atoms with van der Waals surface area (Å²) < 4.78 is 31.8. The second kappa shape index (κ2) is 7.71. The van der Waals surface area contributed by atoms with Crippen LogP contribution in [0.25, 0.3) is 0 Å². The van der Waals surface area contributed by atoms with Crippen LogP contribution in [0.5, 0.6) is 0 Å². The monoisotopic (exact) mass is 289 g/mol. The zero-order valence-corrected chi connectivity index (χ0v) is 11.1. The summed E-state index contributed by atoms with van der Waals surface area (Å²) >= 11 is 0. The third-order valence-corrected chi connectivity index (χ3v) is 2.72. The van der Waals surface area contributed by atoms with Gasteiger partial charge in [0, 0.05) is 25.3 Å². The molecule has 3 N–H and O–H groups in total. The second-order valence-corrected chi connectivity index (χ2v) is 4.27. The summed E-state index contributed by atoms with van der Waals surface area (Å²) in [6.45, 7) is 0.749. The summed E-state index contributed by atoms with van der Waals surface area (Å²) in [7, 11) is 1.49. The Morgan fingerprint density at radius 3 is 2.70 bits per heavy atom. The minimum Gasteiger partial charge on any atom is -0.383 e. The molecule has 6 nitrogen and oxygen atoms in total. The van der Waals surface area contributed by atoms with Crippen molar-refractivity contribution in [1.29, 1.82) is 0 Å². The third kappa shape index (κ3) is 4.39. The number of rotatable bonds is 8. The van der Waals surface area contributed by atoms with Gasteiger partial charge in [-0.1, -0.05) is 0 Å². The quantitative estimate of drug-likeness (QED) is 0.564. The standard InChI is InChI=1S/C12H17F2N3O3/c1-20-7-8(3-2-4-15)16-11-6-12(17(18)19)10(14)5-9(11)13/h5-6,8,16H,2-4,7,15H2,1H3. The highest BCUT2D eigenvalue weighted by atomic mass is 19.1. The number of nitrogens with one attached hydrogen (secondary N) is 1. The fourth-order valence-electron chi connectivity index (χ4n) is 1.77. The molecule has 8 heteroatoms. The maximum Gasteiger partial charge on any atom is 0.307 e.